The summed E-state index contributed by atoms with van der Waals surface area (Å²) in [6.45, 7) is 3.01. The highest BCUT2D eigenvalue weighted by Gasteiger charge is 2.32. The Hall–Kier alpha value is -2.36. The first kappa shape index (κ1) is 20.4. The number of carbonyl (C=O) groups is 1. The zero-order chi connectivity index (χ0) is 20.3. The number of piperazine rings is 1. The van der Waals surface area contributed by atoms with E-state index >= 15 is 0 Å². The van der Waals surface area contributed by atoms with Gasteiger partial charge in [0.25, 0.3) is 5.91 Å². The van der Waals surface area contributed by atoms with E-state index in [0.29, 0.717) is 13.1 Å². The van der Waals surface area contributed by atoms with E-state index in [1.165, 1.54) is 34.6 Å². The van der Waals surface area contributed by atoms with Crippen molar-refractivity contribution in [2.24, 2.45) is 0 Å². The third-order valence-corrected chi connectivity index (χ3v) is 6.63. The number of nitrogens with zero attached hydrogens (tertiary/aromatic N) is 1. The molecule has 6 nitrogen and oxygen atoms in total. The van der Waals surface area contributed by atoms with Gasteiger partial charge in [-0.1, -0.05) is 18.2 Å². The van der Waals surface area contributed by atoms with Crippen LogP contribution in [0, 0.1) is 18.6 Å². The molecule has 2 N–H and O–H groups in total. The second-order valence-corrected chi connectivity index (χ2v) is 8.70. The molecule has 28 heavy (non-hydrogen) atoms. The van der Waals surface area contributed by atoms with Crippen molar-refractivity contribution >= 4 is 21.6 Å². The van der Waals surface area contributed by atoms with Crippen LogP contribution in [0.5, 0.6) is 0 Å². The molecule has 0 aromatic heterocycles. The largest absolute Gasteiger partial charge is 0.325 e. The minimum absolute atomic E-state index is 0.0981. The quantitative estimate of drug-likeness (QED) is 0.766. The molecule has 2 aromatic carbocycles. The maximum atomic E-state index is 13.9. The van der Waals surface area contributed by atoms with Gasteiger partial charge in [-0.05, 0) is 36.8 Å². The summed E-state index contributed by atoms with van der Waals surface area (Å²) in [4.78, 5) is 12.7. The van der Waals surface area contributed by atoms with Crippen molar-refractivity contribution in [1.29, 1.82) is 0 Å². The van der Waals surface area contributed by atoms with Gasteiger partial charge in [0.1, 0.15) is 16.5 Å². The second-order valence-electron chi connectivity index (χ2n) is 6.79. The molecule has 1 heterocycles. The molecule has 0 spiro atoms. The fourth-order valence-corrected chi connectivity index (χ4v) is 4.66. The molecule has 0 aliphatic carbocycles. The van der Waals surface area contributed by atoms with Crippen molar-refractivity contribution in [3.63, 3.8) is 0 Å². The van der Waals surface area contributed by atoms with Gasteiger partial charge in [-0.25, -0.2) is 17.2 Å². The molecule has 0 atom stereocenters. The lowest BCUT2D eigenvalue weighted by Gasteiger charge is -2.31. The van der Waals surface area contributed by atoms with Crippen LogP contribution >= 0.6 is 0 Å². The monoisotopic (exact) mass is 410 g/mol. The molecule has 1 fully saturated rings. The summed E-state index contributed by atoms with van der Waals surface area (Å²) in [6.07, 6.45) is 0. The number of amides is 1. The molecule has 3 rings (SSSR count). The first-order chi connectivity index (χ1) is 13.3. The Balaban J connectivity index is 1.57. The number of hydrogen-bond acceptors (Lipinski definition) is 3. The highest BCUT2D eigenvalue weighted by Crippen LogP contribution is 2.19. The predicted molar refractivity (Wildman–Crippen MR) is 100 cm³/mol. The number of rotatable bonds is 5. The Morgan fingerprint density at radius 1 is 1.11 bits per heavy atom. The van der Waals surface area contributed by atoms with Crippen molar-refractivity contribution in [3.05, 3.63) is 59.7 Å². The van der Waals surface area contributed by atoms with E-state index in [4.69, 9.17) is 0 Å². The van der Waals surface area contributed by atoms with Gasteiger partial charge in [0.15, 0.2) is 6.54 Å². The second kappa shape index (κ2) is 8.34. The summed E-state index contributed by atoms with van der Waals surface area (Å²) in [6, 6.07) is 9.83. The first-order valence-corrected chi connectivity index (χ1v) is 10.4. The van der Waals surface area contributed by atoms with Crippen molar-refractivity contribution in [2.45, 2.75) is 11.8 Å². The molecule has 1 aliphatic heterocycles. The summed E-state index contributed by atoms with van der Waals surface area (Å²) < 4.78 is 54.1. The van der Waals surface area contributed by atoms with E-state index in [2.05, 4.69) is 5.32 Å². The Kier molecular flexibility index (Phi) is 6.07. The van der Waals surface area contributed by atoms with Gasteiger partial charge in [-0.2, -0.15) is 4.31 Å². The number of hydrogen-bond donors (Lipinski definition) is 2. The Morgan fingerprint density at radius 3 is 2.43 bits per heavy atom. The van der Waals surface area contributed by atoms with Gasteiger partial charge in [-0.15, -0.1) is 0 Å². The summed E-state index contributed by atoms with van der Waals surface area (Å²) in [5.74, 6) is -1.62. The number of quaternary nitrogens is 1. The van der Waals surface area contributed by atoms with Crippen molar-refractivity contribution in [3.8, 4) is 0 Å². The number of benzene rings is 2. The highest BCUT2D eigenvalue weighted by molar-refractivity contribution is 7.89. The van der Waals surface area contributed by atoms with E-state index in [9.17, 15) is 22.0 Å². The average Bonchev–Trinajstić information content (AvgIpc) is 2.65. The van der Waals surface area contributed by atoms with Gasteiger partial charge >= 0.3 is 0 Å². The lowest BCUT2D eigenvalue weighted by Crippen LogP contribution is -3.15. The third-order valence-electron chi connectivity index (χ3n) is 4.69. The molecule has 9 heteroatoms. The number of carbonyl (C=O) groups excluding carboxylic acids is 1. The van der Waals surface area contributed by atoms with E-state index in [1.807, 2.05) is 0 Å². The summed E-state index contributed by atoms with van der Waals surface area (Å²) in [7, 11) is -3.91. The molecule has 0 radical (unpaired) electrons. The molecule has 0 bridgehead atoms. The Bertz CT molecular complexity index is 974. The number of anilines is 1. The average molecular weight is 410 g/mol. The molecular formula is C19H22F2N3O3S+. The number of nitrogens with one attached hydrogen (secondary N) is 2. The molecule has 1 saturated heterocycles. The van der Waals surface area contributed by atoms with Crippen LogP contribution in [0.4, 0.5) is 14.5 Å². The van der Waals surface area contributed by atoms with Crippen LogP contribution < -0.4 is 10.2 Å². The minimum atomic E-state index is -3.91. The topological polar surface area (TPSA) is 70.9 Å². The lowest BCUT2D eigenvalue weighted by molar-refractivity contribution is -0.895. The minimum Gasteiger partial charge on any atom is -0.325 e. The third kappa shape index (κ3) is 4.54. The molecule has 150 valence electrons. The molecule has 0 unspecified atom stereocenters. The first-order valence-electron chi connectivity index (χ1n) is 8.91. The van der Waals surface area contributed by atoms with Crippen LogP contribution in [0.25, 0.3) is 0 Å². The zero-order valence-corrected chi connectivity index (χ0v) is 16.2. The standard InChI is InChI=1S/C19H21F2N3O3S/c1-14-6-7-17(16(21)12-14)22-19(25)13-23-8-10-24(11-9-23)28(26,27)18-5-3-2-4-15(18)20/h2-7,12H,8-11,13H2,1H3,(H,22,25)/p+1. The normalized spacial score (nSPS) is 16.1. The van der Waals surface area contributed by atoms with Crippen molar-refractivity contribution in [1.82, 2.24) is 4.31 Å². The van der Waals surface area contributed by atoms with Crippen LogP contribution in [0.2, 0.25) is 0 Å². The van der Waals surface area contributed by atoms with Gasteiger partial charge in [0, 0.05) is 0 Å². The Morgan fingerprint density at radius 2 is 1.79 bits per heavy atom. The van der Waals surface area contributed by atoms with E-state index in [0.717, 1.165) is 16.5 Å². The number of sulfonamides is 1. The summed E-state index contributed by atoms with van der Waals surface area (Å²) in [5.41, 5.74) is 0.879. The SMILES string of the molecule is Cc1ccc(NC(=O)C[NH+]2CCN(S(=O)(=O)c3ccccc3F)CC2)c(F)c1. The highest BCUT2D eigenvalue weighted by atomic mass is 32.2. The summed E-state index contributed by atoms with van der Waals surface area (Å²) in [5, 5.41) is 2.54. The van der Waals surface area contributed by atoms with Crippen LogP contribution in [-0.4, -0.2) is 51.4 Å². The van der Waals surface area contributed by atoms with E-state index in [-0.39, 0.29) is 36.1 Å². The number of halogens is 2. The van der Waals surface area contributed by atoms with Crippen LogP contribution in [0.15, 0.2) is 47.4 Å². The fraction of sp³-hybridized carbons (Fsp3) is 0.316. The number of aryl methyl sites for hydroxylation is 1. The maximum absolute atomic E-state index is 13.9. The van der Waals surface area contributed by atoms with E-state index in [1.54, 1.807) is 13.0 Å². The van der Waals surface area contributed by atoms with Crippen LogP contribution in [0.1, 0.15) is 5.56 Å². The maximum Gasteiger partial charge on any atom is 0.279 e. The fourth-order valence-electron chi connectivity index (χ4n) is 3.16. The van der Waals surface area contributed by atoms with Gasteiger partial charge in [0.05, 0.1) is 31.9 Å². The van der Waals surface area contributed by atoms with Gasteiger partial charge in [0.2, 0.25) is 10.0 Å². The molecular weight excluding hydrogens is 388 g/mol. The van der Waals surface area contributed by atoms with Gasteiger partial charge in [-0.3, -0.25) is 4.79 Å². The van der Waals surface area contributed by atoms with Crippen LogP contribution in [0.3, 0.4) is 0 Å². The van der Waals surface area contributed by atoms with Crippen molar-refractivity contribution in [2.75, 3.05) is 38.0 Å². The zero-order valence-electron chi connectivity index (χ0n) is 15.4. The molecule has 1 amide bonds. The smallest absolute Gasteiger partial charge is 0.279 e. The van der Waals surface area contributed by atoms with Crippen LogP contribution in [-0.2, 0) is 14.8 Å². The molecule has 2 aromatic rings. The lowest BCUT2D eigenvalue weighted by atomic mass is 10.2. The van der Waals surface area contributed by atoms with E-state index < -0.39 is 21.7 Å². The van der Waals surface area contributed by atoms with Crippen molar-refractivity contribution < 1.29 is 26.9 Å². The molecule has 0 saturated carbocycles. The van der Waals surface area contributed by atoms with Gasteiger partial charge < -0.3 is 10.2 Å². The predicted octanol–water partition coefficient (Wildman–Crippen LogP) is 0.801. The Labute approximate surface area is 162 Å². The molecule has 1 aliphatic rings. The summed E-state index contributed by atoms with van der Waals surface area (Å²) >= 11 is 0.